The molecule has 0 amide bonds. The van der Waals surface area contributed by atoms with Gasteiger partial charge in [0.2, 0.25) is 0 Å². The second-order valence-corrected chi connectivity index (χ2v) is 5.63. The molecule has 3 atom stereocenters. The first-order chi connectivity index (χ1) is 9.26. The van der Waals surface area contributed by atoms with Gasteiger partial charge in [-0.25, -0.2) is 0 Å². The van der Waals surface area contributed by atoms with Gasteiger partial charge >= 0.3 is 0 Å². The van der Waals surface area contributed by atoms with Crippen LogP contribution in [0, 0.1) is 5.92 Å². The molecule has 1 heterocycles. The van der Waals surface area contributed by atoms with Crippen LogP contribution in [-0.4, -0.2) is 19.3 Å². The van der Waals surface area contributed by atoms with Gasteiger partial charge in [-0.3, -0.25) is 0 Å². The quantitative estimate of drug-likeness (QED) is 0.843. The van der Waals surface area contributed by atoms with Gasteiger partial charge in [0.1, 0.15) is 0 Å². The minimum absolute atomic E-state index is 0.317. The van der Waals surface area contributed by atoms with Gasteiger partial charge in [0, 0.05) is 6.61 Å². The van der Waals surface area contributed by atoms with Crippen molar-refractivity contribution in [2.75, 3.05) is 13.2 Å². The summed E-state index contributed by atoms with van der Waals surface area (Å²) in [5.74, 6) is 0.638. The van der Waals surface area contributed by atoms with Crippen molar-refractivity contribution >= 4 is 0 Å². The lowest BCUT2D eigenvalue weighted by Crippen LogP contribution is -2.34. The third kappa shape index (κ3) is 3.58. The van der Waals surface area contributed by atoms with Crippen molar-refractivity contribution in [2.45, 2.75) is 52.2 Å². The smallest absolute Gasteiger partial charge is 0.0795 e. The van der Waals surface area contributed by atoms with Crippen LogP contribution in [0.2, 0.25) is 0 Å². The highest BCUT2D eigenvalue weighted by molar-refractivity contribution is 5.27. The summed E-state index contributed by atoms with van der Waals surface area (Å²) in [4.78, 5) is 0. The van der Waals surface area contributed by atoms with Crippen LogP contribution >= 0.6 is 0 Å². The van der Waals surface area contributed by atoms with Crippen LogP contribution in [0.25, 0.3) is 0 Å². The van der Waals surface area contributed by atoms with Crippen LogP contribution in [-0.2, 0) is 11.2 Å². The lowest BCUT2D eigenvalue weighted by molar-refractivity contribution is 0.0612. The third-order valence-electron chi connectivity index (χ3n) is 4.05. The molecule has 1 aliphatic rings. The highest BCUT2D eigenvalue weighted by Crippen LogP contribution is 2.31. The average molecular weight is 261 g/mol. The molecule has 1 aliphatic heterocycles. The molecule has 0 radical (unpaired) electrons. The summed E-state index contributed by atoms with van der Waals surface area (Å²) in [6.07, 6.45) is 3.86. The zero-order valence-corrected chi connectivity index (χ0v) is 12.5. The number of rotatable bonds is 6. The van der Waals surface area contributed by atoms with Crippen LogP contribution in [0.5, 0.6) is 0 Å². The molecule has 0 bridgehead atoms. The Bertz CT molecular complexity index is 391. The Morgan fingerprint density at radius 1 is 1.37 bits per heavy atom. The Kier molecular flexibility index (Phi) is 5.41. The average Bonchev–Trinajstić information content (AvgIpc) is 2.83. The summed E-state index contributed by atoms with van der Waals surface area (Å²) in [6.45, 7) is 8.59. The number of nitrogens with one attached hydrogen (secondary N) is 1. The molecule has 0 saturated carbocycles. The highest BCUT2D eigenvalue weighted by atomic mass is 16.5. The van der Waals surface area contributed by atoms with E-state index in [-0.39, 0.29) is 0 Å². The number of hydrogen-bond donors (Lipinski definition) is 1. The summed E-state index contributed by atoms with van der Waals surface area (Å²) >= 11 is 0. The number of likely N-dealkylation sites (N-methyl/N-ethyl adjacent to an activating group) is 1. The number of aryl methyl sites for hydroxylation is 1. The van der Waals surface area contributed by atoms with Crippen LogP contribution in [0.1, 0.15) is 50.8 Å². The zero-order valence-electron chi connectivity index (χ0n) is 12.5. The van der Waals surface area contributed by atoms with Crippen molar-refractivity contribution in [1.82, 2.24) is 5.32 Å². The summed E-state index contributed by atoms with van der Waals surface area (Å²) in [5.41, 5.74) is 2.82. The molecule has 1 saturated heterocycles. The molecular formula is C17H27NO. The van der Waals surface area contributed by atoms with Gasteiger partial charge in [-0.1, -0.05) is 51.5 Å². The molecule has 2 rings (SSSR count). The maximum absolute atomic E-state index is 5.97. The maximum atomic E-state index is 5.97. The van der Waals surface area contributed by atoms with E-state index in [2.05, 4.69) is 50.4 Å². The van der Waals surface area contributed by atoms with Crippen LogP contribution in [0.3, 0.4) is 0 Å². The van der Waals surface area contributed by atoms with Crippen LogP contribution < -0.4 is 5.32 Å². The number of benzene rings is 1. The van der Waals surface area contributed by atoms with E-state index >= 15 is 0 Å². The predicted molar refractivity (Wildman–Crippen MR) is 80.4 cm³/mol. The Hall–Kier alpha value is -0.860. The van der Waals surface area contributed by atoms with E-state index in [4.69, 9.17) is 4.74 Å². The fourth-order valence-corrected chi connectivity index (χ4v) is 3.02. The second-order valence-electron chi connectivity index (χ2n) is 5.63. The van der Waals surface area contributed by atoms with E-state index in [1.165, 1.54) is 24.0 Å². The van der Waals surface area contributed by atoms with Gasteiger partial charge in [0.05, 0.1) is 12.1 Å². The van der Waals surface area contributed by atoms with Gasteiger partial charge < -0.3 is 10.1 Å². The Balaban J connectivity index is 2.20. The summed E-state index contributed by atoms with van der Waals surface area (Å²) in [5, 5.41) is 3.62. The minimum Gasteiger partial charge on any atom is -0.376 e. The largest absolute Gasteiger partial charge is 0.376 e. The topological polar surface area (TPSA) is 21.3 Å². The molecule has 1 aromatic carbocycles. The molecule has 1 fully saturated rings. The summed E-state index contributed by atoms with van der Waals surface area (Å²) < 4.78 is 5.97. The number of hydrogen-bond acceptors (Lipinski definition) is 2. The van der Waals surface area contributed by atoms with Crippen molar-refractivity contribution < 1.29 is 4.74 Å². The molecule has 0 spiro atoms. The van der Waals surface area contributed by atoms with Crippen LogP contribution in [0.15, 0.2) is 24.3 Å². The summed E-state index contributed by atoms with van der Waals surface area (Å²) in [7, 11) is 0. The van der Waals surface area contributed by atoms with Gasteiger partial charge in [0.25, 0.3) is 0 Å². The first-order valence-electron chi connectivity index (χ1n) is 7.70. The summed E-state index contributed by atoms with van der Waals surface area (Å²) in [6, 6.07) is 9.34. The monoisotopic (exact) mass is 261 g/mol. The minimum atomic E-state index is 0.317. The normalized spacial score (nSPS) is 24.6. The predicted octanol–water partition coefficient (Wildman–Crippen LogP) is 3.71. The fourth-order valence-electron chi connectivity index (χ4n) is 3.02. The third-order valence-corrected chi connectivity index (χ3v) is 4.05. The van der Waals surface area contributed by atoms with E-state index in [0.29, 0.717) is 18.1 Å². The SMILES string of the molecule is CCCc1cccc(C(NCC)C2OCCC2C)c1. The molecule has 0 aromatic heterocycles. The molecule has 3 unspecified atom stereocenters. The highest BCUT2D eigenvalue weighted by Gasteiger charge is 2.32. The first kappa shape index (κ1) is 14.5. The lowest BCUT2D eigenvalue weighted by atomic mass is 9.91. The van der Waals surface area contributed by atoms with E-state index in [1.807, 2.05) is 0 Å². The molecule has 19 heavy (non-hydrogen) atoms. The standard InChI is InChI=1S/C17H27NO/c1-4-7-14-8-6-9-15(12-14)16(18-5-2)17-13(3)10-11-19-17/h6,8-9,12-13,16-18H,4-5,7,10-11H2,1-3H3. The van der Waals surface area contributed by atoms with Crippen molar-refractivity contribution in [3.05, 3.63) is 35.4 Å². The molecule has 0 aliphatic carbocycles. The van der Waals surface area contributed by atoms with Crippen LogP contribution in [0.4, 0.5) is 0 Å². The van der Waals surface area contributed by atoms with Gasteiger partial charge in [-0.05, 0) is 36.4 Å². The zero-order chi connectivity index (χ0) is 13.7. The maximum Gasteiger partial charge on any atom is 0.0795 e. The van der Waals surface area contributed by atoms with Crippen molar-refractivity contribution in [3.63, 3.8) is 0 Å². The van der Waals surface area contributed by atoms with Gasteiger partial charge in [-0.2, -0.15) is 0 Å². The molecule has 1 N–H and O–H groups in total. The Morgan fingerprint density at radius 3 is 2.84 bits per heavy atom. The van der Waals surface area contributed by atoms with E-state index in [0.717, 1.165) is 19.6 Å². The molecule has 2 heteroatoms. The Labute approximate surface area is 117 Å². The lowest BCUT2D eigenvalue weighted by Gasteiger charge is -2.27. The second kappa shape index (κ2) is 7.06. The molecule has 106 valence electrons. The van der Waals surface area contributed by atoms with Crippen molar-refractivity contribution in [2.24, 2.45) is 5.92 Å². The van der Waals surface area contributed by atoms with E-state index in [9.17, 15) is 0 Å². The fraction of sp³-hybridized carbons (Fsp3) is 0.647. The van der Waals surface area contributed by atoms with Crippen molar-refractivity contribution in [1.29, 1.82) is 0 Å². The molecule has 2 nitrogen and oxygen atoms in total. The van der Waals surface area contributed by atoms with Gasteiger partial charge in [-0.15, -0.1) is 0 Å². The molecular weight excluding hydrogens is 234 g/mol. The first-order valence-corrected chi connectivity index (χ1v) is 7.70. The number of ether oxygens (including phenoxy) is 1. The van der Waals surface area contributed by atoms with E-state index in [1.54, 1.807) is 0 Å². The van der Waals surface area contributed by atoms with Crippen molar-refractivity contribution in [3.8, 4) is 0 Å². The van der Waals surface area contributed by atoms with Gasteiger partial charge in [0.15, 0.2) is 0 Å². The Morgan fingerprint density at radius 2 is 2.21 bits per heavy atom. The van der Waals surface area contributed by atoms with E-state index < -0.39 is 0 Å². The molecule has 1 aromatic rings.